The third-order valence-electron chi connectivity index (χ3n) is 4.17. The molecule has 1 heterocycles. The molecule has 0 saturated heterocycles. The molecule has 1 aromatic heterocycles. The quantitative estimate of drug-likeness (QED) is 0.900. The lowest BCUT2D eigenvalue weighted by molar-refractivity contribution is -0.135. The molecule has 20 heavy (non-hydrogen) atoms. The lowest BCUT2D eigenvalue weighted by Crippen LogP contribution is -2.45. The van der Waals surface area contributed by atoms with Crippen LogP contribution in [0, 0.1) is 6.92 Å². The Hall–Kier alpha value is -1.29. The van der Waals surface area contributed by atoms with Gasteiger partial charge in [0.15, 0.2) is 0 Å². The van der Waals surface area contributed by atoms with E-state index in [1.54, 1.807) is 0 Å². The van der Waals surface area contributed by atoms with Crippen molar-refractivity contribution >= 4 is 5.91 Å². The van der Waals surface area contributed by atoms with Gasteiger partial charge in [0.25, 0.3) is 0 Å². The van der Waals surface area contributed by atoms with Gasteiger partial charge in [0.2, 0.25) is 5.91 Å². The zero-order valence-corrected chi connectivity index (χ0v) is 12.8. The summed E-state index contributed by atoms with van der Waals surface area (Å²) in [7, 11) is 0. The predicted octanol–water partition coefficient (Wildman–Crippen LogP) is 2.99. The number of amides is 1. The maximum atomic E-state index is 12.6. The molecule has 0 bridgehead atoms. The Morgan fingerprint density at radius 3 is 2.55 bits per heavy atom. The van der Waals surface area contributed by atoms with E-state index in [-0.39, 0.29) is 17.5 Å². The van der Waals surface area contributed by atoms with Gasteiger partial charge in [0.05, 0.1) is 6.54 Å². The van der Waals surface area contributed by atoms with Crippen LogP contribution in [0.5, 0.6) is 0 Å². The van der Waals surface area contributed by atoms with E-state index in [4.69, 9.17) is 10.2 Å². The van der Waals surface area contributed by atoms with Crippen LogP contribution in [-0.4, -0.2) is 22.4 Å². The van der Waals surface area contributed by atoms with Crippen LogP contribution in [0.25, 0.3) is 0 Å². The first-order valence-corrected chi connectivity index (χ1v) is 7.53. The second-order valence-electron chi connectivity index (χ2n) is 6.37. The van der Waals surface area contributed by atoms with E-state index in [1.807, 2.05) is 37.8 Å². The van der Waals surface area contributed by atoms with Gasteiger partial charge in [-0.25, -0.2) is 0 Å². The standard InChI is InChI=1S/C16H26N2O2/c1-12(2)18(11-14-7-6-13(3)20-14)15(19)10-16(17)8-4-5-9-16/h6-7,12H,4-5,8-11,17H2,1-3H3. The van der Waals surface area contributed by atoms with Crippen LogP contribution in [0.2, 0.25) is 0 Å². The van der Waals surface area contributed by atoms with Crippen LogP contribution in [0.15, 0.2) is 16.5 Å². The molecule has 1 saturated carbocycles. The molecule has 0 unspecified atom stereocenters. The summed E-state index contributed by atoms with van der Waals surface area (Å²) in [5.41, 5.74) is 6.04. The Morgan fingerprint density at radius 2 is 2.05 bits per heavy atom. The molecule has 0 aromatic carbocycles. The van der Waals surface area contributed by atoms with Crippen LogP contribution in [-0.2, 0) is 11.3 Å². The highest BCUT2D eigenvalue weighted by atomic mass is 16.3. The van der Waals surface area contributed by atoms with Crippen molar-refractivity contribution in [1.82, 2.24) is 4.90 Å². The van der Waals surface area contributed by atoms with Crippen LogP contribution < -0.4 is 5.73 Å². The zero-order valence-electron chi connectivity index (χ0n) is 12.8. The van der Waals surface area contributed by atoms with Crippen LogP contribution in [0.4, 0.5) is 0 Å². The van der Waals surface area contributed by atoms with Gasteiger partial charge < -0.3 is 15.1 Å². The highest BCUT2D eigenvalue weighted by molar-refractivity contribution is 5.77. The molecule has 2 rings (SSSR count). The Balaban J connectivity index is 2.02. The third kappa shape index (κ3) is 3.63. The highest BCUT2D eigenvalue weighted by Crippen LogP contribution is 2.31. The zero-order chi connectivity index (χ0) is 14.8. The van der Waals surface area contributed by atoms with Gasteiger partial charge in [-0.05, 0) is 45.7 Å². The van der Waals surface area contributed by atoms with E-state index >= 15 is 0 Å². The number of nitrogens with two attached hydrogens (primary N) is 1. The number of furan rings is 1. The van der Waals surface area contributed by atoms with Gasteiger partial charge in [0, 0.05) is 18.0 Å². The Labute approximate surface area is 121 Å². The average Bonchev–Trinajstić information content (AvgIpc) is 2.95. The molecule has 1 aliphatic rings. The number of hydrogen-bond donors (Lipinski definition) is 1. The molecule has 1 amide bonds. The molecular formula is C16H26N2O2. The first-order chi connectivity index (χ1) is 9.39. The Kier molecular flexibility index (Phi) is 4.53. The van der Waals surface area contributed by atoms with Crippen LogP contribution >= 0.6 is 0 Å². The topological polar surface area (TPSA) is 59.5 Å². The van der Waals surface area contributed by atoms with Gasteiger partial charge in [-0.3, -0.25) is 4.79 Å². The van der Waals surface area contributed by atoms with Crippen molar-refractivity contribution in [3.05, 3.63) is 23.7 Å². The first-order valence-electron chi connectivity index (χ1n) is 7.53. The van der Waals surface area contributed by atoms with Gasteiger partial charge in [-0.1, -0.05) is 12.8 Å². The molecule has 0 atom stereocenters. The number of carbonyl (C=O) groups excluding carboxylic acids is 1. The molecular weight excluding hydrogens is 252 g/mol. The molecule has 4 nitrogen and oxygen atoms in total. The molecule has 1 fully saturated rings. The van der Waals surface area contributed by atoms with Gasteiger partial charge >= 0.3 is 0 Å². The van der Waals surface area contributed by atoms with Crippen molar-refractivity contribution in [2.75, 3.05) is 0 Å². The lowest BCUT2D eigenvalue weighted by atomic mass is 9.94. The molecule has 112 valence electrons. The van der Waals surface area contributed by atoms with Gasteiger partial charge in [0.1, 0.15) is 11.5 Å². The maximum Gasteiger partial charge on any atom is 0.225 e. The normalized spacial score (nSPS) is 17.6. The van der Waals surface area contributed by atoms with Crippen molar-refractivity contribution in [2.45, 2.75) is 71.0 Å². The van der Waals surface area contributed by atoms with Crippen LogP contribution in [0.3, 0.4) is 0 Å². The van der Waals surface area contributed by atoms with E-state index in [0.29, 0.717) is 13.0 Å². The summed E-state index contributed by atoms with van der Waals surface area (Å²) in [5.74, 6) is 1.85. The minimum Gasteiger partial charge on any atom is -0.464 e. The molecule has 4 heteroatoms. The van der Waals surface area contributed by atoms with Crippen molar-refractivity contribution in [3.63, 3.8) is 0 Å². The highest BCUT2D eigenvalue weighted by Gasteiger charge is 2.34. The molecule has 1 aromatic rings. The minimum atomic E-state index is -0.288. The lowest BCUT2D eigenvalue weighted by Gasteiger charge is -2.30. The maximum absolute atomic E-state index is 12.6. The van der Waals surface area contributed by atoms with E-state index < -0.39 is 0 Å². The van der Waals surface area contributed by atoms with Crippen LogP contribution in [0.1, 0.15) is 57.5 Å². The average molecular weight is 278 g/mol. The summed E-state index contributed by atoms with van der Waals surface area (Å²) in [4.78, 5) is 14.4. The number of aryl methyl sites for hydroxylation is 1. The molecule has 0 radical (unpaired) electrons. The monoisotopic (exact) mass is 278 g/mol. The fourth-order valence-electron chi connectivity index (χ4n) is 2.96. The number of hydrogen-bond acceptors (Lipinski definition) is 3. The molecule has 1 aliphatic carbocycles. The third-order valence-corrected chi connectivity index (χ3v) is 4.17. The second kappa shape index (κ2) is 6.00. The fraction of sp³-hybridized carbons (Fsp3) is 0.688. The fourth-order valence-corrected chi connectivity index (χ4v) is 2.96. The summed E-state index contributed by atoms with van der Waals surface area (Å²) in [6, 6.07) is 4.02. The van der Waals surface area contributed by atoms with Crippen molar-refractivity contribution < 1.29 is 9.21 Å². The van der Waals surface area contributed by atoms with Crippen molar-refractivity contribution in [2.24, 2.45) is 5.73 Å². The SMILES string of the molecule is Cc1ccc(CN(C(=O)CC2(N)CCCC2)C(C)C)o1. The minimum absolute atomic E-state index is 0.137. The molecule has 2 N–H and O–H groups in total. The van der Waals surface area contributed by atoms with Crippen molar-refractivity contribution in [1.29, 1.82) is 0 Å². The number of nitrogens with zero attached hydrogens (tertiary/aromatic N) is 1. The molecule has 0 aliphatic heterocycles. The smallest absolute Gasteiger partial charge is 0.225 e. The van der Waals surface area contributed by atoms with E-state index in [0.717, 1.165) is 37.2 Å². The summed E-state index contributed by atoms with van der Waals surface area (Å²) >= 11 is 0. The summed E-state index contributed by atoms with van der Waals surface area (Å²) < 4.78 is 5.58. The van der Waals surface area contributed by atoms with Gasteiger partial charge in [-0.2, -0.15) is 0 Å². The predicted molar refractivity (Wildman–Crippen MR) is 79.1 cm³/mol. The van der Waals surface area contributed by atoms with E-state index in [2.05, 4.69) is 0 Å². The Morgan fingerprint density at radius 1 is 1.40 bits per heavy atom. The number of rotatable bonds is 5. The number of carbonyl (C=O) groups is 1. The second-order valence-corrected chi connectivity index (χ2v) is 6.37. The Bertz CT molecular complexity index is 459. The van der Waals surface area contributed by atoms with E-state index in [1.165, 1.54) is 0 Å². The largest absolute Gasteiger partial charge is 0.464 e. The van der Waals surface area contributed by atoms with Gasteiger partial charge in [-0.15, -0.1) is 0 Å². The molecule has 0 spiro atoms. The first kappa shape index (κ1) is 15.1. The van der Waals surface area contributed by atoms with Crippen molar-refractivity contribution in [3.8, 4) is 0 Å². The van der Waals surface area contributed by atoms with E-state index in [9.17, 15) is 4.79 Å². The summed E-state index contributed by atoms with van der Waals surface area (Å²) in [6.07, 6.45) is 4.66. The summed E-state index contributed by atoms with van der Waals surface area (Å²) in [6.45, 7) is 6.51. The summed E-state index contributed by atoms with van der Waals surface area (Å²) in [5, 5.41) is 0.